The van der Waals surface area contributed by atoms with E-state index in [0.717, 1.165) is 5.56 Å². The van der Waals surface area contributed by atoms with Crippen LogP contribution in [-0.2, 0) is 9.59 Å². The van der Waals surface area contributed by atoms with Crippen molar-refractivity contribution in [1.29, 1.82) is 0 Å². The molecule has 1 atom stereocenters. The van der Waals surface area contributed by atoms with Crippen molar-refractivity contribution in [1.82, 2.24) is 10.2 Å². The number of hydrogen-bond acceptors (Lipinski definition) is 3. The molecule has 0 saturated carbocycles. The summed E-state index contributed by atoms with van der Waals surface area (Å²) in [6.07, 6.45) is 0.0699. The van der Waals surface area contributed by atoms with Gasteiger partial charge in [-0.1, -0.05) is 23.8 Å². The third-order valence-corrected chi connectivity index (χ3v) is 4.59. The van der Waals surface area contributed by atoms with Gasteiger partial charge >= 0.3 is 0 Å². The Morgan fingerprint density at radius 1 is 1.27 bits per heavy atom. The van der Waals surface area contributed by atoms with E-state index in [1.54, 1.807) is 12.1 Å². The molecule has 1 aliphatic heterocycles. The van der Waals surface area contributed by atoms with E-state index in [1.807, 2.05) is 31.2 Å². The number of nitrogens with one attached hydrogen (secondary N) is 2. The Kier molecular flexibility index (Phi) is 3.91. The first kappa shape index (κ1) is 16.3. The van der Waals surface area contributed by atoms with Crippen LogP contribution in [0.25, 0.3) is 10.9 Å². The molecule has 7 heteroatoms. The number of halogens is 1. The smallest absolute Gasteiger partial charge is 0.229 e. The van der Waals surface area contributed by atoms with Gasteiger partial charge in [-0.2, -0.15) is 5.10 Å². The molecule has 132 valence electrons. The summed E-state index contributed by atoms with van der Waals surface area (Å²) in [6.45, 7) is 2.14. The Balaban J connectivity index is 1.54. The molecule has 1 fully saturated rings. The van der Waals surface area contributed by atoms with Crippen molar-refractivity contribution in [2.45, 2.75) is 13.3 Å². The quantitative estimate of drug-likeness (QED) is 0.761. The number of nitrogens with zero attached hydrogens (tertiary/aromatic N) is 2. The number of carbonyl (C=O) groups is 2. The molecule has 4 rings (SSSR count). The van der Waals surface area contributed by atoms with Crippen LogP contribution in [0, 0.1) is 18.7 Å². The lowest BCUT2D eigenvalue weighted by Crippen LogP contribution is -2.28. The fourth-order valence-electron chi connectivity index (χ4n) is 3.18. The summed E-state index contributed by atoms with van der Waals surface area (Å²) < 4.78 is 14.2. The predicted octanol–water partition coefficient (Wildman–Crippen LogP) is 3.00. The predicted molar refractivity (Wildman–Crippen MR) is 96.3 cm³/mol. The number of H-pyrrole nitrogens is 1. The van der Waals surface area contributed by atoms with Crippen LogP contribution < -0.4 is 10.2 Å². The van der Waals surface area contributed by atoms with Gasteiger partial charge in [0.15, 0.2) is 5.82 Å². The van der Waals surface area contributed by atoms with Crippen molar-refractivity contribution in [3.8, 4) is 0 Å². The number of rotatable bonds is 3. The molecule has 0 spiro atoms. The van der Waals surface area contributed by atoms with Crippen molar-refractivity contribution >= 4 is 34.2 Å². The zero-order chi connectivity index (χ0) is 18.3. The Morgan fingerprint density at radius 2 is 2.04 bits per heavy atom. The van der Waals surface area contributed by atoms with Crippen molar-refractivity contribution in [2.24, 2.45) is 5.92 Å². The zero-order valence-corrected chi connectivity index (χ0v) is 14.1. The summed E-state index contributed by atoms with van der Waals surface area (Å²) in [6, 6.07) is 12.0. The molecular formula is C19H17FN4O2. The van der Waals surface area contributed by atoms with E-state index in [9.17, 15) is 14.0 Å². The summed E-state index contributed by atoms with van der Waals surface area (Å²) in [4.78, 5) is 26.3. The van der Waals surface area contributed by atoms with E-state index in [0.29, 0.717) is 11.2 Å². The maximum absolute atomic E-state index is 14.2. The topological polar surface area (TPSA) is 78.1 Å². The molecule has 2 N–H and O–H groups in total. The number of anilines is 2. The van der Waals surface area contributed by atoms with E-state index in [2.05, 4.69) is 15.5 Å². The van der Waals surface area contributed by atoms with Crippen molar-refractivity contribution in [3.05, 3.63) is 53.8 Å². The largest absolute Gasteiger partial charge is 0.326 e. The van der Waals surface area contributed by atoms with E-state index in [-0.39, 0.29) is 36.0 Å². The van der Waals surface area contributed by atoms with E-state index in [1.165, 1.54) is 11.0 Å². The summed E-state index contributed by atoms with van der Waals surface area (Å²) in [5, 5.41) is 9.91. The first-order valence-corrected chi connectivity index (χ1v) is 8.33. The standard InChI is InChI=1S/C19H17FN4O2/c1-11-5-7-13(8-6-11)21-19(26)12-9-16(25)24(10-12)18-17-14(20)3-2-4-15(17)22-23-18/h2-8,12H,9-10H2,1H3,(H,21,26)(H,22,23). The molecule has 1 saturated heterocycles. The van der Waals surface area contributed by atoms with Crippen LogP contribution in [0.15, 0.2) is 42.5 Å². The fraction of sp³-hybridized carbons (Fsp3) is 0.211. The summed E-state index contributed by atoms with van der Waals surface area (Å²) in [5.41, 5.74) is 2.29. The van der Waals surface area contributed by atoms with Crippen molar-refractivity contribution in [3.63, 3.8) is 0 Å². The molecule has 2 amide bonds. The van der Waals surface area contributed by atoms with E-state index < -0.39 is 11.7 Å². The van der Waals surface area contributed by atoms with Crippen LogP contribution in [0.4, 0.5) is 15.9 Å². The van der Waals surface area contributed by atoms with Crippen LogP contribution in [0.2, 0.25) is 0 Å². The van der Waals surface area contributed by atoms with Gasteiger partial charge in [-0.3, -0.25) is 19.6 Å². The van der Waals surface area contributed by atoms with E-state index in [4.69, 9.17) is 0 Å². The molecule has 1 unspecified atom stereocenters. The van der Waals surface area contributed by atoms with E-state index >= 15 is 0 Å². The average molecular weight is 352 g/mol. The number of carbonyl (C=O) groups excluding carboxylic acids is 2. The van der Waals surface area contributed by atoms with Crippen LogP contribution in [0.3, 0.4) is 0 Å². The normalized spacial score (nSPS) is 17.1. The van der Waals surface area contributed by atoms with Gasteiger partial charge in [0.2, 0.25) is 11.8 Å². The lowest BCUT2D eigenvalue weighted by Gasteiger charge is -2.14. The van der Waals surface area contributed by atoms with Crippen LogP contribution in [0.5, 0.6) is 0 Å². The molecule has 0 aliphatic carbocycles. The minimum atomic E-state index is -0.512. The van der Waals surface area contributed by atoms with Crippen molar-refractivity contribution < 1.29 is 14.0 Å². The molecule has 3 aromatic rings. The molecule has 1 aromatic heterocycles. The van der Waals surface area contributed by atoms with Gasteiger partial charge in [-0.05, 0) is 31.2 Å². The number of aromatic amines is 1. The monoisotopic (exact) mass is 352 g/mol. The number of aromatic nitrogens is 2. The maximum atomic E-state index is 14.2. The minimum Gasteiger partial charge on any atom is -0.326 e. The summed E-state index contributed by atoms with van der Waals surface area (Å²) >= 11 is 0. The number of fused-ring (bicyclic) bond motifs is 1. The van der Waals surface area contributed by atoms with Gasteiger partial charge in [-0.25, -0.2) is 4.39 Å². The second kappa shape index (κ2) is 6.25. The third-order valence-electron chi connectivity index (χ3n) is 4.59. The van der Waals surface area contributed by atoms with Crippen molar-refractivity contribution in [2.75, 3.05) is 16.8 Å². The fourth-order valence-corrected chi connectivity index (χ4v) is 3.18. The summed E-state index contributed by atoms with van der Waals surface area (Å²) in [7, 11) is 0. The van der Waals surface area contributed by atoms with Gasteiger partial charge in [0.05, 0.1) is 16.8 Å². The first-order chi connectivity index (χ1) is 12.5. The number of benzene rings is 2. The zero-order valence-electron chi connectivity index (χ0n) is 14.1. The molecule has 1 aliphatic rings. The highest BCUT2D eigenvalue weighted by Gasteiger charge is 2.37. The Labute approximate surface area is 149 Å². The molecule has 2 heterocycles. The Morgan fingerprint density at radius 3 is 2.81 bits per heavy atom. The van der Waals surface area contributed by atoms with Gasteiger partial charge in [0, 0.05) is 18.7 Å². The second-order valence-corrected chi connectivity index (χ2v) is 6.47. The maximum Gasteiger partial charge on any atom is 0.229 e. The average Bonchev–Trinajstić information content (AvgIpc) is 3.21. The number of hydrogen-bond donors (Lipinski definition) is 2. The molecule has 26 heavy (non-hydrogen) atoms. The van der Waals surface area contributed by atoms with Crippen LogP contribution >= 0.6 is 0 Å². The molecule has 2 aromatic carbocycles. The van der Waals surface area contributed by atoms with Gasteiger partial charge in [-0.15, -0.1) is 0 Å². The lowest BCUT2D eigenvalue weighted by atomic mass is 10.1. The van der Waals surface area contributed by atoms with Gasteiger partial charge in [0.1, 0.15) is 5.82 Å². The van der Waals surface area contributed by atoms with Crippen LogP contribution in [0.1, 0.15) is 12.0 Å². The highest BCUT2D eigenvalue weighted by molar-refractivity contribution is 6.07. The lowest BCUT2D eigenvalue weighted by molar-refractivity contribution is -0.122. The molecule has 0 bridgehead atoms. The van der Waals surface area contributed by atoms with Gasteiger partial charge in [0.25, 0.3) is 0 Å². The molecule has 0 radical (unpaired) electrons. The highest BCUT2D eigenvalue weighted by Crippen LogP contribution is 2.31. The first-order valence-electron chi connectivity index (χ1n) is 8.33. The SMILES string of the molecule is Cc1ccc(NC(=O)C2CC(=O)N(c3n[nH]c4cccc(F)c34)C2)cc1. The van der Waals surface area contributed by atoms with Crippen LogP contribution in [-0.4, -0.2) is 28.6 Å². The Bertz CT molecular complexity index is 996. The number of amides is 2. The minimum absolute atomic E-state index is 0.0699. The number of aryl methyl sites for hydroxylation is 1. The molecular weight excluding hydrogens is 335 g/mol. The highest BCUT2D eigenvalue weighted by atomic mass is 19.1. The van der Waals surface area contributed by atoms with Gasteiger partial charge < -0.3 is 5.32 Å². The second-order valence-electron chi connectivity index (χ2n) is 6.47. The Hall–Kier alpha value is -3.22. The third kappa shape index (κ3) is 2.81. The molecule has 6 nitrogen and oxygen atoms in total. The summed E-state index contributed by atoms with van der Waals surface area (Å²) in [5.74, 6) is -1.21.